The molecule has 1 aliphatic rings. The van der Waals surface area contributed by atoms with Crippen LogP contribution in [-0.4, -0.2) is 38.2 Å². The van der Waals surface area contributed by atoms with Crippen LogP contribution in [0.4, 0.5) is 5.69 Å². The minimum atomic E-state index is -0.0747. The minimum Gasteiger partial charge on any atom is -0.497 e. The molecule has 0 bridgehead atoms. The van der Waals surface area contributed by atoms with Gasteiger partial charge >= 0.3 is 0 Å². The van der Waals surface area contributed by atoms with Gasteiger partial charge in [-0.25, -0.2) is 4.98 Å². The number of quaternary nitrogens is 1. The highest BCUT2D eigenvalue weighted by Gasteiger charge is 2.33. The number of likely N-dealkylation sites (tertiary alicyclic amines) is 1. The van der Waals surface area contributed by atoms with Crippen LogP contribution in [0.25, 0.3) is 0 Å². The lowest BCUT2D eigenvalue weighted by Crippen LogP contribution is -3.11. The number of nitrogens with one attached hydrogen (secondary N) is 2. The van der Waals surface area contributed by atoms with E-state index >= 15 is 0 Å². The lowest BCUT2D eigenvalue weighted by molar-refractivity contribution is -0.910. The van der Waals surface area contributed by atoms with Crippen LogP contribution in [0.5, 0.6) is 11.5 Å². The molecule has 2 atom stereocenters. The normalized spacial score (nSPS) is 19.2. The number of carbonyl (C=O) groups excluding carboxylic acids is 1. The van der Waals surface area contributed by atoms with Crippen LogP contribution in [0.1, 0.15) is 24.4 Å². The van der Waals surface area contributed by atoms with Gasteiger partial charge in [-0.05, 0) is 24.3 Å². The quantitative estimate of drug-likeness (QED) is 0.758. The number of hydrogen-bond donors (Lipinski definition) is 2. The van der Waals surface area contributed by atoms with Crippen LogP contribution in [0, 0.1) is 0 Å². The third kappa shape index (κ3) is 4.08. The number of anilines is 1. The van der Waals surface area contributed by atoms with Crippen LogP contribution in [0.2, 0.25) is 5.15 Å². The van der Waals surface area contributed by atoms with E-state index in [1.165, 1.54) is 4.90 Å². The SMILES string of the molecule is COc1ccc([C@H]2CCC[NH+]2CC(=O)Nc2cccnc2Cl)c(OC)c1. The van der Waals surface area contributed by atoms with Crippen LogP contribution in [0.15, 0.2) is 36.5 Å². The summed E-state index contributed by atoms with van der Waals surface area (Å²) in [5, 5.41) is 3.15. The standard InChI is InChI=1S/C19H22ClN3O3/c1-25-13-7-8-14(17(11-13)26-2)16-6-4-10-23(16)12-18(24)22-15-5-3-9-21-19(15)20/h3,5,7-9,11,16H,4,6,10,12H2,1-2H3,(H,22,24)/p+1/t16-/m1/s1. The van der Waals surface area contributed by atoms with Crippen molar-refractivity contribution in [3.63, 3.8) is 0 Å². The molecule has 1 aliphatic heterocycles. The van der Waals surface area contributed by atoms with E-state index in [9.17, 15) is 4.79 Å². The zero-order chi connectivity index (χ0) is 18.5. The van der Waals surface area contributed by atoms with Gasteiger partial charge in [-0.3, -0.25) is 4.79 Å². The summed E-state index contributed by atoms with van der Waals surface area (Å²) < 4.78 is 10.8. The molecule has 2 N–H and O–H groups in total. The lowest BCUT2D eigenvalue weighted by Gasteiger charge is -2.23. The zero-order valence-corrected chi connectivity index (χ0v) is 15.7. The number of ether oxygens (including phenoxy) is 2. The van der Waals surface area contributed by atoms with Gasteiger partial charge in [0.05, 0.1) is 32.0 Å². The van der Waals surface area contributed by atoms with Gasteiger partial charge < -0.3 is 19.7 Å². The monoisotopic (exact) mass is 376 g/mol. The molecule has 1 fully saturated rings. The Morgan fingerprint density at radius 2 is 2.19 bits per heavy atom. The van der Waals surface area contributed by atoms with Crippen molar-refractivity contribution in [2.75, 3.05) is 32.6 Å². The van der Waals surface area contributed by atoms with E-state index in [2.05, 4.69) is 10.3 Å². The second-order valence-electron chi connectivity index (χ2n) is 6.28. The van der Waals surface area contributed by atoms with Gasteiger partial charge in [-0.1, -0.05) is 11.6 Å². The molecule has 3 rings (SSSR count). The molecule has 1 aromatic carbocycles. The molecular weight excluding hydrogens is 354 g/mol. The highest BCUT2D eigenvalue weighted by molar-refractivity contribution is 6.32. The maximum atomic E-state index is 12.5. The summed E-state index contributed by atoms with van der Waals surface area (Å²) in [6, 6.07) is 9.56. The first kappa shape index (κ1) is 18.5. The molecule has 0 saturated carbocycles. The Bertz CT molecular complexity index is 784. The molecule has 26 heavy (non-hydrogen) atoms. The fourth-order valence-corrected chi connectivity index (χ4v) is 3.65. The van der Waals surface area contributed by atoms with Crippen molar-refractivity contribution in [2.45, 2.75) is 18.9 Å². The average molecular weight is 377 g/mol. The van der Waals surface area contributed by atoms with Crippen molar-refractivity contribution >= 4 is 23.2 Å². The van der Waals surface area contributed by atoms with E-state index in [0.29, 0.717) is 17.4 Å². The van der Waals surface area contributed by atoms with Gasteiger partial charge in [0.1, 0.15) is 17.5 Å². The Morgan fingerprint density at radius 3 is 2.92 bits per heavy atom. The molecule has 0 radical (unpaired) electrons. The van der Waals surface area contributed by atoms with E-state index in [1.807, 2.05) is 18.2 Å². The van der Waals surface area contributed by atoms with Crippen LogP contribution < -0.4 is 19.7 Å². The first-order valence-corrected chi connectivity index (χ1v) is 8.97. The number of hydrogen-bond acceptors (Lipinski definition) is 4. The molecule has 6 nitrogen and oxygen atoms in total. The van der Waals surface area contributed by atoms with E-state index < -0.39 is 0 Å². The summed E-state index contributed by atoms with van der Waals surface area (Å²) in [5.74, 6) is 1.48. The predicted molar refractivity (Wildman–Crippen MR) is 100 cm³/mol. The second-order valence-corrected chi connectivity index (χ2v) is 6.64. The third-order valence-electron chi connectivity index (χ3n) is 4.72. The summed E-state index contributed by atoms with van der Waals surface area (Å²) in [5.41, 5.74) is 1.64. The fourth-order valence-electron chi connectivity index (χ4n) is 3.48. The van der Waals surface area contributed by atoms with E-state index in [0.717, 1.165) is 36.4 Å². The van der Waals surface area contributed by atoms with E-state index in [-0.39, 0.29) is 11.9 Å². The maximum Gasteiger partial charge on any atom is 0.279 e. The Balaban J connectivity index is 1.72. The molecule has 2 aromatic rings. The maximum absolute atomic E-state index is 12.5. The fraction of sp³-hybridized carbons (Fsp3) is 0.368. The summed E-state index contributed by atoms with van der Waals surface area (Å²) >= 11 is 6.02. The second kappa shape index (κ2) is 8.38. The van der Waals surface area contributed by atoms with Crippen LogP contribution in [-0.2, 0) is 4.79 Å². The molecule has 1 amide bonds. The minimum absolute atomic E-state index is 0.0747. The van der Waals surface area contributed by atoms with Crippen molar-refractivity contribution < 1.29 is 19.2 Å². The molecule has 7 heteroatoms. The first-order chi connectivity index (χ1) is 12.6. The zero-order valence-electron chi connectivity index (χ0n) is 14.9. The number of benzene rings is 1. The first-order valence-electron chi connectivity index (χ1n) is 8.59. The number of aromatic nitrogens is 1. The molecule has 1 saturated heterocycles. The molecule has 0 aliphatic carbocycles. The molecular formula is C19H23ClN3O3+. The van der Waals surface area contributed by atoms with E-state index in [4.69, 9.17) is 21.1 Å². The predicted octanol–water partition coefficient (Wildman–Crippen LogP) is 2.11. The molecule has 138 valence electrons. The van der Waals surface area contributed by atoms with Gasteiger partial charge in [-0.15, -0.1) is 0 Å². The molecule has 1 aromatic heterocycles. The number of pyridine rings is 1. The average Bonchev–Trinajstić information content (AvgIpc) is 3.10. The Labute approximate surface area is 158 Å². The number of methoxy groups -OCH3 is 2. The van der Waals surface area contributed by atoms with Crippen molar-refractivity contribution in [2.24, 2.45) is 0 Å². The summed E-state index contributed by atoms with van der Waals surface area (Å²) in [4.78, 5) is 17.7. The molecule has 1 unspecified atom stereocenters. The Hall–Kier alpha value is -2.31. The van der Waals surface area contributed by atoms with Crippen molar-refractivity contribution in [1.82, 2.24) is 4.98 Å². The van der Waals surface area contributed by atoms with Crippen molar-refractivity contribution in [3.8, 4) is 11.5 Å². The number of carbonyl (C=O) groups is 1. The van der Waals surface area contributed by atoms with Gasteiger partial charge in [0.25, 0.3) is 5.91 Å². The number of halogens is 1. The van der Waals surface area contributed by atoms with Gasteiger partial charge in [0.15, 0.2) is 11.7 Å². The Morgan fingerprint density at radius 1 is 1.35 bits per heavy atom. The Kier molecular flexibility index (Phi) is 5.96. The summed E-state index contributed by atoms with van der Waals surface area (Å²) in [6.45, 7) is 1.30. The third-order valence-corrected chi connectivity index (χ3v) is 5.02. The van der Waals surface area contributed by atoms with Gasteiger partial charge in [0, 0.05) is 25.1 Å². The van der Waals surface area contributed by atoms with Gasteiger partial charge in [0.2, 0.25) is 0 Å². The highest BCUT2D eigenvalue weighted by Crippen LogP contribution is 2.31. The summed E-state index contributed by atoms with van der Waals surface area (Å²) in [6.07, 6.45) is 3.67. The largest absolute Gasteiger partial charge is 0.497 e. The number of amides is 1. The van der Waals surface area contributed by atoms with Crippen molar-refractivity contribution in [3.05, 3.63) is 47.2 Å². The van der Waals surface area contributed by atoms with E-state index in [1.54, 1.807) is 32.5 Å². The summed E-state index contributed by atoms with van der Waals surface area (Å²) in [7, 11) is 3.29. The van der Waals surface area contributed by atoms with Crippen molar-refractivity contribution in [1.29, 1.82) is 0 Å². The smallest absolute Gasteiger partial charge is 0.279 e. The number of nitrogens with zero attached hydrogens (tertiary/aromatic N) is 1. The number of rotatable bonds is 6. The van der Waals surface area contributed by atoms with Gasteiger partial charge in [-0.2, -0.15) is 0 Å². The highest BCUT2D eigenvalue weighted by atomic mass is 35.5. The molecule has 2 heterocycles. The lowest BCUT2D eigenvalue weighted by atomic mass is 10.0. The van der Waals surface area contributed by atoms with Crippen LogP contribution in [0.3, 0.4) is 0 Å². The topological polar surface area (TPSA) is 64.9 Å². The molecule has 0 spiro atoms. The van der Waals surface area contributed by atoms with Crippen LogP contribution >= 0.6 is 11.6 Å².